The molecule has 1 saturated carbocycles. The molecule has 3 nitrogen and oxygen atoms in total. The van der Waals surface area contributed by atoms with Gasteiger partial charge >= 0.3 is 5.63 Å². The third-order valence-corrected chi connectivity index (χ3v) is 3.24. The third kappa shape index (κ3) is 1.46. The van der Waals surface area contributed by atoms with Gasteiger partial charge in [0.05, 0.1) is 9.99 Å². The van der Waals surface area contributed by atoms with Gasteiger partial charge < -0.3 is 4.42 Å². The highest BCUT2D eigenvalue weighted by Crippen LogP contribution is 2.39. The van der Waals surface area contributed by atoms with Crippen molar-refractivity contribution in [3.8, 4) is 0 Å². The normalized spacial score (nSPS) is 15.6. The van der Waals surface area contributed by atoms with Gasteiger partial charge in [-0.1, -0.05) is 0 Å². The quantitative estimate of drug-likeness (QED) is 0.808. The van der Waals surface area contributed by atoms with E-state index in [0.29, 0.717) is 11.4 Å². The minimum atomic E-state index is -0.647. The maximum absolute atomic E-state index is 13.7. The minimum absolute atomic E-state index is 0.0845. The first kappa shape index (κ1) is 9.96. The maximum atomic E-state index is 13.7. The van der Waals surface area contributed by atoms with Crippen LogP contribution in [0.25, 0.3) is 10.9 Å². The van der Waals surface area contributed by atoms with Crippen LogP contribution in [0.5, 0.6) is 0 Å². The van der Waals surface area contributed by atoms with Crippen LogP contribution in [-0.4, -0.2) is 4.98 Å². The van der Waals surface area contributed by atoms with Crippen LogP contribution in [0.1, 0.15) is 24.7 Å². The standard InChI is InChI=1S/C11H7BrFNO2/c12-6-3-4-7-8(9(6)13)11(15)16-10(14-7)5-1-2-5/h3-5H,1-2H2. The molecule has 0 spiro atoms. The van der Waals surface area contributed by atoms with Crippen LogP contribution < -0.4 is 5.63 Å². The van der Waals surface area contributed by atoms with Crippen LogP contribution in [0.3, 0.4) is 0 Å². The van der Waals surface area contributed by atoms with E-state index in [1.54, 1.807) is 12.1 Å². The Morgan fingerprint density at radius 2 is 2.19 bits per heavy atom. The molecule has 16 heavy (non-hydrogen) atoms. The summed E-state index contributed by atoms with van der Waals surface area (Å²) in [5.41, 5.74) is -0.287. The lowest BCUT2D eigenvalue weighted by Gasteiger charge is -2.01. The summed E-state index contributed by atoms with van der Waals surface area (Å²) in [5.74, 6) is 0.0594. The molecule has 1 heterocycles. The van der Waals surface area contributed by atoms with E-state index in [1.165, 1.54) is 0 Å². The van der Waals surface area contributed by atoms with Gasteiger partial charge in [-0.3, -0.25) is 0 Å². The molecule has 0 unspecified atom stereocenters. The zero-order valence-corrected chi connectivity index (χ0v) is 9.75. The second-order valence-electron chi connectivity index (χ2n) is 3.87. The topological polar surface area (TPSA) is 43.1 Å². The molecule has 3 rings (SSSR count). The van der Waals surface area contributed by atoms with Crippen molar-refractivity contribution in [2.45, 2.75) is 18.8 Å². The fourth-order valence-electron chi connectivity index (χ4n) is 1.62. The summed E-state index contributed by atoms with van der Waals surface area (Å²) in [4.78, 5) is 15.8. The largest absolute Gasteiger partial charge is 0.407 e. The van der Waals surface area contributed by atoms with E-state index in [0.717, 1.165) is 12.8 Å². The molecule has 1 aliphatic rings. The van der Waals surface area contributed by atoms with Gasteiger partial charge in [-0.25, -0.2) is 14.2 Å². The van der Waals surface area contributed by atoms with Crippen molar-refractivity contribution in [3.63, 3.8) is 0 Å². The van der Waals surface area contributed by atoms with Crippen LogP contribution in [0.2, 0.25) is 0 Å². The van der Waals surface area contributed by atoms with Crippen molar-refractivity contribution in [2.24, 2.45) is 0 Å². The second-order valence-corrected chi connectivity index (χ2v) is 4.72. The van der Waals surface area contributed by atoms with Crippen LogP contribution in [0, 0.1) is 5.82 Å². The van der Waals surface area contributed by atoms with E-state index >= 15 is 0 Å². The first-order valence-corrected chi connectivity index (χ1v) is 5.75. The molecule has 1 fully saturated rings. The summed E-state index contributed by atoms with van der Waals surface area (Å²) in [6.07, 6.45) is 1.97. The average Bonchev–Trinajstić information content (AvgIpc) is 3.06. The number of benzene rings is 1. The van der Waals surface area contributed by atoms with Crippen LogP contribution >= 0.6 is 15.9 Å². The van der Waals surface area contributed by atoms with Gasteiger partial charge in [0.25, 0.3) is 0 Å². The van der Waals surface area contributed by atoms with Crippen LogP contribution in [0.15, 0.2) is 25.8 Å². The lowest BCUT2D eigenvalue weighted by Crippen LogP contribution is -2.06. The molecule has 0 atom stereocenters. The summed E-state index contributed by atoms with van der Waals surface area (Å²) in [5, 5.41) is -0.0845. The molecule has 2 aromatic rings. The Hall–Kier alpha value is -1.23. The molecule has 1 aliphatic carbocycles. The molecule has 0 aliphatic heterocycles. The molecular formula is C11H7BrFNO2. The van der Waals surface area contributed by atoms with E-state index in [1.807, 2.05) is 0 Å². The monoisotopic (exact) mass is 283 g/mol. The Kier molecular flexibility index (Phi) is 2.10. The molecule has 5 heteroatoms. The van der Waals surface area contributed by atoms with Crippen molar-refractivity contribution >= 4 is 26.8 Å². The molecule has 0 N–H and O–H groups in total. The molecule has 0 amide bonds. The Balaban J connectivity index is 2.36. The van der Waals surface area contributed by atoms with E-state index < -0.39 is 11.4 Å². The number of rotatable bonds is 1. The second kappa shape index (κ2) is 3.38. The molecule has 0 bridgehead atoms. The summed E-state index contributed by atoms with van der Waals surface area (Å²) >= 11 is 3.03. The highest BCUT2D eigenvalue weighted by Gasteiger charge is 2.29. The van der Waals surface area contributed by atoms with Crippen LogP contribution in [0.4, 0.5) is 4.39 Å². The predicted octanol–water partition coefficient (Wildman–Crippen LogP) is 2.97. The molecular weight excluding hydrogens is 277 g/mol. The van der Waals surface area contributed by atoms with Crippen molar-refractivity contribution in [1.82, 2.24) is 4.98 Å². The van der Waals surface area contributed by atoms with Crippen molar-refractivity contribution in [3.05, 3.63) is 38.7 Å². The van der Waals surface area contributed by atoms with Gasteiger partial charge in [0.15, 0.2) is 5.82 Å². The maximum Gasteiger partial charge on any atom is 0.349 e. The van der Waals surface area contributed by atoms with Crippen molar-refractivity contribution in [1.29, 1.82) is 0 Å². The summed E-state index contributed by atoms with van der Waals surface area (Å²) in [6, 6.07) is 3.16. The van der Waals surface area contributed by atoms with Gasteiger partial charge in [0.1, 0.15) is 5.39 Å². The smallest absolute Gasteiger partial charge is 0.349 e. The summed E-state index contributed by atoms with van der Waals surface area (Å²) < 4.78 is 18.9. The number of aromatic nitrogens is 1. The molecule has 0 radical (unpaired) electrons. The van der Waals surface area contributed by atoms with E-state index in [2.05, 4.69) is 20.9 Å². The number of fused-ring (bicyclic) bond motifs is 1. The van der Waals surface area contributed by atoms with Crippen molar-refractivity contribution in [2.75, 3.05) is 0 Å². The van der Waals surface area contributed by atoms with E-state index in [4.69, 9.17) is 4.42 Å². The highest BCUT2D eigenvalue weighted by molar-refractivity contribution is 9.10. The summed E-state index contributed by atoms with van der Waals surface area (Å²) in [6.45, 7) is 0. The first-order valence-electron chi connectivity index (χ1n) is 4.95. The lowest BCUT2D eigenvalue weighted by atomic mass is 10.2. The minimum Gasteiger partial charge on any atom is -0.407 e. The molecule has 1 aromatic heterocycles. The van der Waals surface area contributed by atoms with Gasteiger partial charge in [0, 0.05) is 5.92 Å². The lowest BCUT2D eigenvalue weighted by molar-refractivity contribution is 0.443. The van der Waals surface area contributed by atoms with Gasteiger partial charge in [-0.2, -0.15) is 0 Å². The van der Waals surface area contributed by atoms with Crippen molar-refractivity contribution < 1.29 is 8.81 Å². The van der Waals surface area contributed by atoms with Gasteiger partial charge in [0.2, 0.25) is 5.89 Å². The molecule has 0 saturated heterocycles. The van der Waals surface area contributed by atoms with Gasteiger partial charge in [-0.05, 0) is 40.9 Å². The van der Waals surface area contributed by atoms with Crippen LogP contribution in [-0.2, 0) is 0 Å². The number of hydrogen-bond acceptors (Lipinski definition) is 3. The van der Waals surface area contributed by atoms with E-state index in [9.17, 15) is 9.18 Å². The Bertz CT molecular complexity index is 634. The Morgan fingerprint density at radius 1 is 1.44 bits per heavy atom. The SMILES string of the molecule is O=c1oc(C2CC2)nc2ccc(Br)c(F)c12. The predicted molar refractivity (Wildman–Crippen MR) is 59.9 cm³/mol. The first-order chi connectivity index (χ1) is 7.66. The third-order valence-electron chi connectivity index (χ3n) is 2.63. The fraction of sp³-hybridized carbons (Fsp3) is 0.273. The number of nitrogens with zero attached hydrogens (tertiary/aromatic N) is 1. The fourth-order valence-corrected chi connectivity index (χ4v) is 1.95. The number of hydrogen-bond donors (Lipinski definition) is 0. The van der Waals surface area contributed by atoms with E-state index in [-0.39, 0.29) is 15.8 Å². The summed E-state index contributed by atoms with van der Waals surface area (Å²) in [7, 11) is 0. The van der Waals surface area contributed by atoms with Gasteiger partial charge in [-0.15, -0.1) is 0 Å². The molecule has 1 aromatic carbocycles. The Labute approximate surface area is 98.4 Å². The Morgan fingerprint density at radius 3 is 2.88 bits per heavy atom. The average molecular weight is 284 g/mol. The molecule has 82 valence electrons. The number of halogens is 2. The highest BCUT2D eigenvalue weighted by atomic mass is 79.9. The zero-order valence-electron chi connectivity index (χ0n) is 8.17. The zero-order chi connectivity index (χ0) is 11.3.